The Labute approximate surface area is 200 Å². The van der Waals surface area contributed by atoms with Crippen molar-refractivity contribution in [3.63, 3.8) is 0 Å². The summed E-state index contributed by atoms with van der Waals surface area (Å²) in [6.07, 6.45) is 6.45. The Morgan fingerprint density at radius 2 is 2.06 bits per heavy atom. The number of pyridine rings is 1. The quantitative estimate of drug-likeness (QED) is 0.370. The molecule has 0 spiro atoms. The second kappa shape index (κ2) is 10.5. The van der Waals surface area contributed by atoms with Gasteiger partial charge in [-0.15, -0.1) is 0 Å². The van der Waals surface area contributed by atoms with E-state index in [4.69, 9.17) is 36.4 Å². The van der Waals surface area contributed by atoms with Crippen LogP contribution in [0.1, 0.15) is 22.6 Å². The summed E-state index contributed by atoms with van der Waals surface area (Å²) in [4.78, 5) is 23.6. The smallest absolute Gasteiger partial charge is 0.471 e. The number of allylic oxidation sites excluding steroid dienone is 2. The fourth-order valence-corrected chi connectivity index (χ4v) is 3.74. The van der Waals surface area contributed by atoms with E-state index in [0.29, 0.717) is 41.0 Å². The minimum atomic E-state index is -4.62. The summed E-state index contributed by atoms with van der Waals surface area (Å²) in [7, 11) is -4.62. The number of phosphoric ester groups is 1. The van der Waals surface area contributed by atoms with Gasteiger partial charge < -0.3 is 29.7 Å². The van der Waals surface area contributed by atoms with E-state index in [9.17, 15) is 4.57 Å². The van der Waals surface area contributed by atoms with E-state index in [1.54, 1.807) is 42.7 Å². The third kappa shape index (κ3) is 6.54. The lowest BCUT2D eigenvalue weighted by Crippen LogP contribution is -2.41. The standard InChI is InChI=1S/C22H22ClN4O6P/c23-17-4-1-3-16(9-17)13-31-21-7-6-15(12-25-21)10-18-11-20(33-26-18)19-5-2-8-27(22(19)24)14-32-34(28,29)30/h1-9,11-12,22H,10,13-14,24H2,(H2,28,29,30). The number of hydrogen-bond donors (Lipinski definition) is 3. The molecule has 4 N–H and O–H groups in total. The molecule has 0 bridgehead atoms. The summed E-state index contributed by atoms with van der Waals surface area (Å²) in [5, 5.41) is 4.75. The van der Waals surface area contributed by atoms with E-state index >= 15 is 0 Å². The number of nitrogens with two attached hydrogens (primary N) is 1. The van der Waals surface area contributed by atoms with Crippen LogP contribution in [0, 0.1) is 0 Å². The number of phosphoric acid groups is 1. The second-order valence-corrected chi connectivity index (χ2v) is 9.13. The van der Waals surface area contributed by atoms with Crippen LogP contribution in [0.15, 0.2) is 71.5 Å². The van der Waals surface area contributed by atoms with Crippen LogP contribution in [0.2, 0.25) is 5.02 Å². The lowest BCUT2D eigenvalue weighted by atomic mass is 10.1. The Morgan fingerprint density at radius 1 is 1.21 bits per heavy atom. The van der Waals surface area contributed by atoms with Gasteiger partial charge in [0.1, 0.15) is 19.5 Å². The average molecular weight is 505 g/mol. The van der Waals surface area contributed by atoms with Gasteiger partial charge in [0.05, 0.1) is 5.69 Å². The third-order valence-electron chi connectivity index (χ3n) is 4.91. The van der Waals surface area contributed by atoms with E-state index in [0.717, 1.165) is 11.1 Å². The van der Waals surface area contributed by atoms with Crippen LogP contribution in [-0.4, -0.2) is 37.7 Å². The molecule has 3 aromatic rings. The molecule has 10 nitrogen and oxygen atoms in total. The summed E-state index contributed by atoms with van der Waals surface area (Å²) in [6, 6.07) is 12.9. The second-order valence-electron chi connectivity index (χ2n) is 7.45. The highest BCUT2D eigenvalue weighted by Gasteiger charge is 2.25. The number of halogens is 1. The maximum atomic E-state index is 11.0. The van der Waals surface area contributed by atoms with Crippen molar-refractivity contribution in [2.45, 2.75) is 19.2 Å². The Balaban J connectivity index is 1.35. The average Bonchev–Trinajstić information content (AvgIpc) is 3.25. The number of hydrogen-bond acceptors (Lipinski definition) is 8. The first-order chi connectivity index (χ1) is 16.3. The number of nitrogens with zero attached hydrogens (tertiary/aromatic N) is 3. The van der Waals surface area contributed by atoms with E-state index in [2.05, 4.69) is 14.7 Å². The first kappa shape index (κ1) is 24.2. The molecule has 1 atom stereocenters. The first-order valence-electron chi connectivity index (χ1n) is 10.1. The van der Waals surface area contributed by atoms with Crippen molar-refractivity contribution in [3.8, 4) is 5.88 Å². The van der Waals surface area contributed by atoms with E-state index in [1.807, 2.05) is 24.3 Å². The molecule has 3 heterocycles. The predicted octanol–water partition coefficient (Wildman–Crippen LogP) is 3.46. The van der Waals surface area contributed by atoms with Gasteiger partial charge in [-0.1, -0.05) is 41.0 Å². The Kier molecular flexibility index (Phi) is 7.47. The largest absolute Gasteiger partial charge is 0.473 e. The summed E-state index contributed by atoms with van der Waals surface area (Å²) in [6.45, 7) is -0.0166. The zero-order valence-corrected chi connectivity index (χ0v) is 19.5. The normalized spacial score (nSPS) is 15.9. The molecule has 0 amide bonds. The molecule has 1 aliphatic rings. The first-order valence-corrected chi connectivity index (χ1v) is 12.1. The number of aromatic nitrogens is 2. The molecule has 0 radical (unpaired) electrons. The molecule has 0 saturated carbocycles. The monoisotopic (exact) mass is 504 g/mol. The van der Waals surface area contributed by atoms with Gasteiger partial charge >= 0.3 is 7.82 Å². The lowest BCUT2D eigenvalue weighted by molar-refractivity contribution is 0.110. The molecule has 2 aromatic heterocycles. The van der Waals surface area contributed by atoms with Crippen LogP contribution >= 0.6 is 19.4 Å². The van der Waals surface area contributed by atoms with Gasteiger partial charge in [-0.25, -0.2) is 9.55 Å². The fraction of sp³-hybridized carbons (Fsp3) is 0.182. The zero-order valence-electron chi connectivity index (χ0n) is 17.8. The molecule has 1 aliphatic heterocycles. The van der Waals surface area contributed by atoms with Gasteiger partial charge in [0.25, 0.3) is 0 Å². The van der Waals surface area contributed by atoms with Crippen LogP contribution in [-0.2, 0) is 22.1 Å². The Bertz CT molecular complexity index is 1240. The molecular formula is C22H22ClN4O6P. The summed E-state index contributed by atoms with van der Waals surface area (Å²) >= 11 is 5.99. The number of benzene rings is 1. The van der Waals surface area contributed by atoms with Crippen LogP contribution in [0.5, 0.6) is 5.88 Å². The molecule has 34 heavy (non-hydrogen) atoms. The molecule has 0 saturated heterocycles. The predicted molar refractivity (Wildman–Crippen MR) is 124 cm³/mol. The molecule has 0 fully saturated rings. The van der Waals surface area contributed by atoms with Crippen molar-refractivity contribution in [2.75, 3.05) is 6.73 Å². The van der Waals surface area contributed by atoms with E-state index < -0.39 is 14.0 Å². The third-order valence-corrected chi connectivity index (χ3v) is 5.59. The van der Waals surface area contributed by atoms with Crippen molar-refractivity contribution in [3.05, 3.63) is 94.6 Å². The van der Waals surface area contributed by atoms with Crippen molar-refractivity contribution >= 4 is 25.0 Å². The van der Waals surface area contributed by atoms with Gasteiger partial charge in [0.15, 0.2) is 5.76 Å². The highest BCUT2D eigenvalue weighted by Crippen LogP contribution is 2.36. The Hall–Kier alpha value is -2.98. The van der Waals surface area contributed by atoms with Gasteiger partial charge in [-0.2, -0.15) is 0 Å². The minimum Gasteiger partial charge on any atom is -0.473 e. The minimum absolute atomic E-state index is 0.361. The molecule has 0 aliphatic carbocycles. The SMILES string of the molecule is NC1C(c2cc(Cc3ccc(OCc4cccc(Cl)c4)nc3)no2)=CC=CN1COP(=O)(O)O. The van der Waals surface area contributed by atoms with Crippen LogP contribution in [0.25, 0.3) is 5.57 Å². The molecule has 1 unspecified atom stereocenters. The van der Waals surface area contributed by atoms with E-state index in [1.165, 1.54) is 4.90 Å². The maximum Gasteiger partial charge on any atom is 0.471 e. The Morgan fingerprint density at radius 3 is 2.79 bits per heavy atom. The van der Waals surface area contributed by atoms with Crippen molar-refractivity contribution in [1.29, 1.82) is 0 Å². The summed E-state index contributed by atoms with van der Waals surface area (Å²) in [5.41, 5.74) is 9.32. The molecule has 4 rings (SSSR count). The molecular weight excluding hydrogens is 483 g/mol. The fourth-order valence-electron chi connectivity index (χ4n) is 3.25. The highest BCUT2D eigenvalue weighted by atomic mass is 35.5. The van der Waals surface area contributed by atoms with Gasteiger partial charge in [0, 0.05) is 41.5 Å². The van der Waals surface area contributed by atoms with Crippen LogP contribution < -0.4 is 10.5 Å². The summed E-state index contributed by atoms with van der Waals surface area (Å²) in [5.74, 6) is 0.940. The molecule has 1 aromatic carbocycles. The zero-order chi connectivity index (χ0) is 24.1. The maximum absolute atomic E-state index is 11.0. The number of rotatable bonds is 9. The van der Waals surface area contributed by atoms with Crippen LogP contribution in [0.3, 0.4) is 0 Å². The van der Waals surface area contributed by atoms with Gasteiger partial charge in [0.2, 0.25) is 5.88 Å². The topological polar surface area (TPSA) is 144 Å². The summed E-state index contributed by atoms with van der Waals surface area (Å²) < 4.78 is 26.6. The van der Waals surface area contributed by atoms with Crippen molar-refractivity contribution in [1.82, 2.24) is 15.0 Å². The number of ether oxygens (including phenoxy) is 1. The van der Waals surface area contributed by atoms with Gasteiger partial charge in [-0.3, -0.25) is 4.52 Å². The van der Waals surface area contributed by atoms with Crippen molar-refractivity contribution < 1.29 is 28.1 Å². The van der Waals surface area contributed by atoms with E-state index in [-0.39, 0.29) is 6.73 Å². The molecule has 178 valence electrons. The van der Waals surface area contributed by atoms with Crippen LogP contribution in [0.4, 0.5) is 0 Å². The van der Waals surface area contributed by atoms with Crippen molar-refractivity contribution in [2.24, 2.45) is 5.73 Å². The molecule has 12 heteroatoms. The lowest BCUT2D eigenvalue weighted by Gasteiger charge is -2.30. The van der Waals surface area contributed by atoms with Gasteiger partial charge in [-0.05, 0) is 29.3 Å². The highest BCUT2D eigenvalue weighted by molar-refractivity contribution is 7.46.